The van der Waals surface area contributed by atoms with Crippen molar-refractivity contribution in [3.63, 3.8) is 0 Å². The number of amides is 1. The van der Waals surface area contributed by atoms with Crippen molar-refractivity contribution in [2.45, 2.75) is 44.3 Å². The van der Waals surface area contributed by atoms with E-state index in [-0.39, 0.29) is 11.5 Å². The normalized spacial score (nSPS) is 18.9. The van der Waals surface area contributed by atoms with Gasteiger partial charge in [-0.3, -0.25) is 9.78 Å². The van der Waals surface area contributed by atoms with Gasteiger partial charge in [-0.1, -0.05) is 12.2 Å². The minimum atomic E-state index is -1.02. The maximum absolute atomic E-state index is 13.0. The lowest BCUT2D eigenvalue weighted by Crippen LogP contribution is -2.35. The number of rotatable bonds is 8. The van der Waals surface area contributed by atoms with Crippen LogP contribution < -0.4 is 5.32 Å². The molecule has 0 radical (unpaired) electrons. The lowest BCUT2D eigenvalue weighted by molar-refractivity contribution is -0.120. The number of hydrogen-bond donors (Lipinski definition) is 3. The number of hydrogen-bond acceptors (Lipinski definition) is 6. The predicted octanol–water partition coefficient (Wildman–Crippen LogP) is 2.39. The van der Waals surface area contributed by atoms with Crippen molar-refractivity contribution in [1.29, 1.82) is 0 Å². The van der Waals surface area contributed by atoms with E-state index in [4.69, 9.17) is 0 Å². The number of anilines is 1. The Morgan fingerprint density at radius 1 is 1.28 bits per heavy atom. The van der Waals surface area contributed by atoms with Gasteiger partial charge in [0.05, 0.1) is 11.0 Å². The molecule has 0 unspecified atom stereocenters. The Morgan fingerprint density at radius 2 is 2.09 bits per heavy atom. The smallest absolute Gasteiger partial charge is 0.376 e. The van der Waals surface area contributed by atoms with Gasteiger partial charge in [0.15, 0.2) is 0 Å². The maximum Gasteiger partial charge on any atom is 0.376 e. The standard InChI is InChI=1S/C23H27BN4O4/c1-24(32)28(2)8-6-4-3-5-7-15-9-18-20(26-13-15)27-22(31)23(18)11-16-10-17(21(29)30)14-25-19(16)12-23/h5,7,9-10,13-14,32H,3-4,6,8,11-12H2,1-2H3,(H,29,30)(H,26,27,31)/b7-5+/t23-/m0/s1. The van der Waals surface area contributed by atoms with E-state index in [0.29, 0.717) is 18.7 Å². The molecule has 1 atom stereocenters. The van der Waals surface area contributed by atoms with Gasteiger partial charge in [0.2, 0.25) is 5.91 Å². The highest BCUT2D eigenvalue weighted by atomic mass is 16.4. The van der Waals surface area contributed by atoms with Gasteiger partial charge in [-0.2, -0.15) is 0 Å². The van der Waals surface area contributed by atoms with E-state index in [2.05, 4.69) is 21.4 Å². The highest BCUT2D eigenvalue weighted by Gasteiger charge is 2.51. The first kappa shape index (κ1) is 22.2. The number of fused-ring (bicyclic) bond motifs is 3. The van der Waals surface area contributed by atoms with Crippen molar-refractivity contribution >= 4 is 30.8 Å². The first-order valence-corrected chi connectivity index (χ1v) is 10.9. The molecule has 0 saturated heterocycles. The zero-order valence-electron chi connectivity index (χ0n) is 18.3. The molecule has 2 aromatic heterocycles. The average Bonchev–Trinajstić information content (AvgIpc) is 3.27. The quantitative estimate of drug-likeness (QED) is 0.432. The zero-order valence-corrected chi connectivity index (χ0v) is 18.3. The summed E-state index contributed by atoms with van der Waals surface area (Å²) in [6.45, 7) is 2.61. The molecule has 2 aromatic rings. The molecular weight excluding hydrogens is 407 g/mol. The number of nitrogens with one attached hydrogen (secondary N) is 1. The number of carboxylic acids is 1. The molecular formula is C23H27BN4O4. The monoisotopic (exact) mass is 434 g/mol. The van der Waals surface area contributed by atoms with Crippen molar-refractivity contribution in [2.24, 2.45) is 0 Å². The van der Waals surface area contributed by atoms with E-state index in [1.165, 1.54) is 6.20 Å². The highest BCUT2D eigenvalue weighted by molar-refractivity contribution is 6.45. The summed E-state index contributed by atoms with van der Waals surface area (Å²) in [5.74, 6) is -0.568. The van der Waals surface area contributed by atoms with Crippen LogP contribution in [0.1, 0.15) is 52.0 Å². The number of carboxylic acid groups (broad SMARTS) is 1. The number of aromatic carboxylic acids is 1. The van der Waals surface area contributed by atoms with Crippen LogP contribution in [0.25, 0.3) is 6.08 Å². The summed E-state index contributed by atoms with van der Waals surface area (Å²) in [6, 6.07) is 3.62. The van der Waals surface area contributed by atoms with Crippen LogP contribution in [0, 0.1) is 0 Å². The number of allylic oxidation sites excluding steroid dienone is 1. The fourth-order valence-electron chi connectivity index (χ4n) is 4.41. The molecule has 1 aliphatic carbocycles. The molecule has 1 amide bonds. The van der Waals surface area contributed by atoms with E-state index in [1.54, 1.807) is 19.1 Å². The van der Waals surface area contributed by atoms with Gasteiger partial charge in [-0.15, -0.1) is 0 Å². The molecule has 2 aliphatic rings. The minimum Gasteiger partial charge on any atom is -0.478 e. The first-order valence-electron chi connectivity index (χ1n) is 10.9. The second-order valence-electron chi connectivity index (χ2n) is 8.70. The Hall–Kier alpha value is -3.04. The molecule has 0 fully saturated rings. The van der Waals surface area contributed by atoms with E-state index in [0.717, 1.165) is 48.2 Å². The number of unbranched alkanes of at least 4 members (excludes halogenated alkanes) is 2. The van der Waals surface area contributed by atoms with Crippen LogP contribution in [0.15, 0.2) is 30.6 Å². The van der Waals surface area contributed by atoms with Crippen LogP contribution in [0.4, 0.5) is 5.82 Å². The Bertz CT molecular complexity index is 1090. The molecule has 0 aromatic carbocycles. The molecule has 1 aliphatic heterocycles. The van der Waals surface area contributed by atoms with Crippen molar-refractivity contribution in [1.82, 2.24) is 14.8 Å². The van der Waals surface area contributed by atoms with E-state index in [1.807, 2.05) is 24.0 Å². The first-order chi connectivity index (χ1) is 15.3. The molecule has 4 rings (SSSR count). The fraction of sp³-hybridized carbons (Fsp3) is 0.391. The second kappa shape index (κ2) is 8.84. The van der Waals surface area contributed by atoms with Crippen LogP contribution >= 0.6 is 0 Å². The summed E-state index contributed by atoms with van der Waals surface area (Å²) in [7, 11) is 1.47. The molecule has 3 N–H and O–H groups in total. The molecule has 3 heterocycles. The zero-order chi connectivity index (χ0) is 22.9. The lowest BCUT2D eigenvalue weighted by atomic mass is 9.79. The summed E-state index contributed by atoms with van der Waals surface area (Å²) in [4.78, 5) is 34.9. The van der Waals surface area contributed by atoms with Crippen LogP contribution in [-0.2, 0) is 23.1 Å². The van der Waals surface area contributed by atoms with Gasteiger partial charge >= 0.3 is 13.0 Å². The van der Waals surface area contributed by atoms with E-state index >= 15 is 0 Å². The van der Waals surface area contributed by atoms with Crippen LogP contribution in [-0.4, -0.2) is 57.4 Å². The Labute approximate surface area is 187 Å². The number of carbonyl (C=O) groups excluding carboxylic acids is 1. The summed E-state index contributed by atoms with van der Waals surface area (Å²) < 4.78 is 0. The average molecular weight is 434 g/mol. The minimum absolute atomic E-state index is 0.113. The highest BCUT2D eigenvalue weighted by Crippen LogP contribution is 2.46. The molecule has 0 saturated carbocycles. The van der Waals surface area contributed by atoms with Gasteiger partial charge in [-0.25, -0.2) is 9.78 Å². The molecule has 9 heteroatoms. The van der Waals surface area contributed by atoms with Gasteiger partial charge < -0.3 is 20.3 Å². The number of pyridine rings is 2. The Kier molecular flexibility index (Phi) is 6.12. The largest absolute Gasteiger partial charge is 0.478 e. The third-order valence-electron chi connectivity index (χ3n) is 6.44. The van der Waals surface area contributed by atoms with Crippen molar-refractivity contribution in [3.05, 3.63) is 58.6 Å². The van der Waals surface area contributed by atoms with Crippen molar-refractivity contribution in [2.75, 3.05) is 18.9 Å². The molecule has 32 heavy (non-hydrogen) atoms. The number of nitrogens with zero attached hydrogens (tertiary/aromatic N) is 3. The Balaban J connectivity index is 1.47. The lowest BCUT2D eigenvalue weighted by Gasteiger charge is -2.20. The van der Waals surface area contributed by atoms with Crippen LogP contribution in [0.5, 0.6) is 0 Å². The van der Waals surface area contributed by atoms with E-state index in [9.17, 15) is 19.7 Å². The third-order valence-corrected chi connectivity index (χ3v) is 6.44. The van der Waals surface area contributed by atoms with Gasteiger partial charge in [0.1, 0.15) is 5.82 Å². The van der Waals surface area contributed by atoms with Gasteiger partial charge in [0.25, 0.3) is 0 Å². The van der Waals surface area contributed by atoms with Crippen LogP contribution in [0.3, 0.4) is 0 Å². The number of aromatic nitrogens is 2. The fourth-order valence-corrected chi connectivity index (χ4v) is 4.41. The molecule has 1 spiro atoms. The third kappa shape index (κ3) is 4.18. The topological polar surface area (TPSA) is 116 Å². The van der Waals surface area contributed by atoms with Crippen LogP contribution in [0.2, 0.25) is 6.82 Å². The molecule has 0 bridgehead atoms. The summed E-state index contributed by atoms with van der Waals surface area (Å²) in [5.41, 5.74) is 2.68. The van der Waals surface area contributed by atoms with Gasteiger partial charge in [-0.05, 0) is 69.4 Å². The summed E-state index contributed by atoms with van der Waals surface area (Å²) in [5, 5.41) is 21.6. The SMILES string of the molecule is CB(O)N(C)CCCC/C=C/c1cnc2c(c1)[C@@]1(Cc3cc(C(=O)O)cnc3C1)C(=O)N2. The molecule has 166 valence electrons. The van der Waals surface area contributed by atoms with E-state index < -0.39 is 18.4 Å². The summed E-state index contributed by atoms with van der Waals surface area (Å²) in [6.07, 6.45) is 11.0. The number of carbonyl (C=O) groups is 2. The predicted molar refractivity (Wildman–Crippen MR) is 123 cm³/mol. The Morgan fingerprint density at radius 3 is 2.84 bits per heavy atom. The van der Waals surface area contributed by atoms with Gasteiger partial charge in [0, 0.05) is 30.1 Å². The van der Waals surface area contributed by atoms with Crippen molar-refractivity contribution < 1.29 is 19.7 Å². The second-order valence-corrected chi connectivity index (χ2v) is 8.70. The maximum atomic E-state index is 13.0. The summed E-state index contributed by atoms with van der Waals surface area (Å²) >= 11 is 0. The van der Waals surface area contributed by atoms with Crippen molar-refractivity contribution in [3.8, 4) is 0 Å². The molecule has 8 nitrogen and oxygen atoms in total.